The molecule has 0 radical (unpaired) electrons. The summed E-state index contributed by atoms with van der Waals surface area (Å²) in [7, 11) is 1.67. The molecular weight excluding hydrogens is 224 g/mol. The molecule has 1 heterocycles. The largest absolute Gasteiger partial charge is 0.380 e. The molecule has 1 fully saturated rings. The predicted octanol–water partition coefficient (Wildman–Crippen LogP) is -0.154. The van der Waals surface area contributed by atoms with Crippen LogP contribution >= 0.6 is 11.8 Å². The highest BCUT2D eigenvalue weighted by Gasteiger charge is 2.28. The molecule has 0 spiro atoms. The first-order valence-corrected chi connectivity index (χ1v) is 6.48. The summed E-state index contributed by atoms with van der Waals surface area (Å²) >= 11 is 1.65. The number of rotatable bonds is 6. The molecule has 1 aliphatic heterocycles. The lowest BCUT2D eigenvalue weighted by molar-refractivity contribution is -0.122. The minimum atomic E-state index is -0.109. The topological polar surface area (TPSA) is 50.4 Å². The Morgan fingerprint density at radius 1 is 1.75 bits per heavy atom. The Bertz CT molecular complexity index is 265. The summed E-state index contributed by atoms with van der Waals surface area (Å²) in [6, 6.07) is -0.109. The third-order valence-electron chi connectivity index (χ3n) is 2.47. The quantitative estimate of drug-likeness (QED) is 0.502. The highest BCUT2D eigenvalue weighted by atomic mass is 32.2. The van der Waals surface area contributed by atoms with E-state index in [9.17, 15) is 4.79 Å². The van der Waals surface area contributed by atoms with Crippen molar-refractivity contribution in [3.05, 3.63) is 0 Å². The van der Waals surface area contributed by atoms with Gasteiger partial charge in [-0.15, -0.1) is 18.2 Å². The average Bonchev–Trinajstić information content (AvgIpc) is 2.77. The Kier molecular flexibility index (Phi) is 6.31. The zero-order valence-electron chi connectivity index (χ0n) is 9.49. The van der Waals surface area contributed by atoms with E-state index in [0.29, 0.717) is 12.3 Å². The Morgan fingerprint density at radius 3 is 3.19 bits per heavy atom. The minimum absolute atomic E-state index is 0.0563. The third kappa shape index (κ3) is 4.44. The first kappa shape index (κ1) is 13.4. The van der Waals surface area contributed by atoms with Crippen molar-refractivity contribution in [2.24, 2.45) is 0 Å². The zero-order chi connectivity index (χ0) is 11.8. The fraction of sp³-hybridized carbons (Fsp3) is 0.727. The van der Waals surface area contributed by atoms with E-state index in [4.69, 9.17) is 11.2 Å². The van der Waals surface area contributed by atoms with Gasteiger partial charge in [0.15, 0.2) is 0 Å². The molecule has 1 amide bonds. The molecular formula is C11H18N2O2S. The molecule has 1 aliphatic rings. The van der Waals surface area contributed by atoms with Gasteiger partial charge >= 0.3 is 0 Å². The number of amides is 1. The second-order valence-electron chi connectivity index (χ2n) is 3.60. The van der Waals surface area contributed by atoms with Crippen LogP contribution in [0.15, 0.2) is 0 Å². The molecule has 4 nitrogen and oxygen atoms in total. The van der Waals surface area contributed by atoms with Gasteiger partial charge < -0.3 is 15.4 Å². The molecule has 0 aromatic heterocycles. The number of hydrogen-bond donors (Lipinski definition) is 2. The molecule has 1 rings (SSSR count). The number of methoxy groups -OCH3 is 1. The second-order valence-corrected chi connectivity index (χ2v) is 4.71. The molecule has 90 valence electrons. The van der Waals surface area contributed by atoms with E-state index in [2.05, 4.69) is 16.6 Å². The van der Waals surface area contributed by atoms with Crippen LogP contribution in [0.1, 0.15) is 6.42 Å². The maximum absolute atomic E-state index is 11.7. The van der Waals surface area contributed by atoms with Gasteiger partial charge in [0.05, 0.1) is 17.9 Å². The summed E-state index contributed by atoms with van der Waals surface area (Å²) in [5.74, 6) is 4.16. The van der Waals surface area contributed by atoms with Crippen LogP contribution in [0.5, 0.6) is 0 Å². The lowest BCUT2D eigenvalue weighted by Gasteiger charge is -2.10. The maximum Gasteiger partial charge on any atom is 0.237 e. The van der Waals surface area contributed by atoms with Gasteiger partial charge in [-0.3, -0.25) is 4.79 Å². The van der Waals surface area contributed by atoms with Crippen molar-refractivity contribution in [2.45, 2.75) is 18.6 Å². The van der Waals surface area contributed by atoms with Crippen LogP contribution in [0.25, 0.3) is 0 Å². The van der Waals surface area contributed by atoms with Crippen molar-refractivity contribution in [1.29, 1.82) is 0 Å². The van der Waals surface area contributed by atoms with E-state index < -0.39 is 0 Å². The summed E-state index contributed by atoms with van der Waals surface area (Å²) in [6.45, 7) is 1.42. The molecule has 2 atom stereocenters. The number of thioether (sulfide) groups is 1. The fourth-order valence-electron chi connectivity index (χ4n) is 1.58. The molecule has 0 saturated carbocycles. The summed E-state index contributed by atoms with van der Waals surface area (Å²) < 4.78 is 5.18. The van der Waals surface area contributed by atoms with Crippen molar-refractivity contribution in [1.82, 2.24) is 10.6 Å². The molecule has 2 unspecified atom stereocenters. The summed E-state index contributed by atoms with van der Waals surface area (Å²) in [6.07, 6.45) is 6.03. The number of nitrogens with one attached hydrogen (secondary N) is 2. The van der Waals surface area contributed by atoms with Gasteiger partial charge in [0, 0.05) is 26.0 Å². The first-order chi connectivity index (χ1) is 7.77. The normalized spacial score (nSPS) is 24.0. The van der Waals surface area contributed by atoms with E-state index in [1.54, 1.807) is 18.9 Å². The monoisotopic (exact) mass is 242 g/mol. The van der Waals surface area contributed by atoms with Crippen molar-refractivity contribution < 1.29 is 9.53 Å². The SMILES string of the molecule is C#CCSCCNC(=O)C1CC(OC)CN1. The van der Waals surface area contributed by atoms with Crippen molar-refractivity contribution in [3.63, 3.8) is 0 Å². The standard InChI is InChI=1S/C11H18N2O2S/c1-3-5-16-6-4-12-11(14)10-7-9(15-2)8-13-10/h1,9-10,13H,4-8H2,2H3,(H,12,14). The lowest BCUT2D eigenvalue weighted by atomic mass is 10.2. The lowest BCUT2D eigenvalue weighted by Crippen LogP contribution is -2.41. The number of terminal acetylenes is 1. The third-order valence-corrected chi connectivity index (χ3v) is 3.33. The van der Waals surface area contributed by atoms with Crippen LogP contribution in [-0.4, -0.2) is 49.8 Å². The Labute approximate surface area is 101 Å². The molecule has 2 N–H and O–H groups in total. The van der Waals surface area contributed by atoms with Gasteiger partial charge in [-0.1, -0.05) is 5.92 Å². The van der Waals surface area contributed by atoms with E-state index in [1.165, 1.54) is 0 Å². The molecule has 0 aromatic carbocycles. The molecule has 16 heavy (non-hydrogen) atoms. The average molecular weight is 242 g/mol. The molecule has 0 aliphatic carbocycles. The highest BCUT2D eigenvalue weighted by Crippen LogP contribution is 2.09. The van der Waals surface area contributed by atoms with Gasteiger partial charge in [-0.25, -0.2) is 0 Å². The number of carbonyl (C=O) groups is 1. The molecule has 5 heteroatoms. The van der Waals surface area contributed by atoms with Gasteiger partial charge in [0.25, 0.3) is 0 Å². The van der Waals surface area contributed by atoms with E-state index in [-0.39, 0.29) is 18.1 Å². The van der Waals surface area contributed by atoms with Crippen molar-refractivity contribution in [2.75, 3.05) is 31.7 Å². The smallest absolute Gasteiger partial charge is 0.237 e. The number of ether oxygens (including phenoxy) is 1. The van der Waals surface area contributed by atoms with Gasteiger partial charge in [-0.05, 0) is 6.42 Å². The second kappa shape index (κ2) is 7.55. The van der Waals surface area contributed by atoms with Crippen LogP contribution in [0.3, 0.4) is 0 Å². The van der Waals surface area contributed by atoms with Crippen LogP contribution in [-0.2, 0) is 9.53 Å². The van der Waals surface area contributed by atoms with Gasteiger partial charge in [0.2, 0.25) is 5.91 Å². The Morgan fingerprint density at radius 2 is 2.56 bits per heavy atom. The van der Waals surface area contributed by atoms with Gasteiger partial charge in [0.1, 0.15) is 0 Å². The fourth-order valence-corrected chi connectivity index (χ4v) is 2.09. The minimum Gasteiger partial charge on any atom is -0.380 e. The summed E-state index contributed by atoms with van der Waals surface area (Å²) in [5, 5.41) is 6.01. The Hall–Kier alpha value is -0.700. The number of carbonyl (C=O) groups excluding carboxylic acids is 1. The Balaban J connectivity index is 2.09. The molecule has 1 saturated heterocycles. The van der Waals surface area contributed by atoms with Crippen LogP contribution in [0.2, 0.25) is 0 Å². The number of hydrogen-bond acceptors (Lipinski definition) is 4. The van der Waals surface area contributed by atoms with Crippen molar-refractivity contribution >= 4 is 17.7 Å². The van der Waals surface area contributed by atoms with E-state index in [0.717, 1.165) is 18.7 Å². The van der Waals surface area contributed by atoms with Crippen molar-refractivity contribution in [3.8, 4) is 12.3 Å². The van der Waals surface area contributed by atoms with Crippen LogP contribution in [0, 0.1) is 12.3 Å². The van der Waals surface area contributed by atoms with Crippen LogP contribution < -0.4 is 10.6 Å². The maximum atomic E-state index is 11.7. The van der Waals surface area contributed by atoms with Crippen LogP contribution in [0.4, 0.5) is 0 Å². The zero-order valence-corrected chi connectivity index (χ0v) is 10.3. The van der Waals surface area contributed by atoms with Gasteiger partial charge in [-0.2, -0.15) is 0 Å². The highest BCUT2D eigenvalue weighted by molar-refractivity contribution is 7.99. The molecule has 0 aromatic rings. The summed E-state index contributed by atoms with van der Waals surface area (Å²) in [5.41, 5.74) is 0. The van der Waals surface area contributed by atoms with E-state index >= 15 is 0 Å². The molecule has 0 bridgehead atoms. The van der Waals surface area contributed by atoms with E-state index in [1.807, 2.05) is 0 Å². The predicted molar refractivity (Wildman–Crippen MR) is 66.4 cm³/mol. The summed E-state index contributed by atoms with van der Waals surface area (Å²) in [4.78, 5) is 11.7. The first-order valence-electron chi connectivity index (χ1n) is 5.33.